The van der Waals surface area contributed by atoms with Crippen LogP contribution in [-0.4, -0.2) is 24.3 Å². The molecule has 0 aromatic heterocycles. The van der Waals surface area contributed by atoms with Crippen LogP contribution in [0.4, 0.5) is 0 Å². The molecule has 0 aliphatic heterocycles. The van der Waals surface area contributed by atoms with Crippen LogP contribution >= 0.6 is 0 Å². The van der Waals surface area contributed by atoms with Gasteiger partial charge in [-0.3, -0.25) is 4.79 Å². The lowest BCUT2D eigenvalue weighted by Crippen LogP contribution is -1.99. The zero-order chi connectivity index (χ0) is 19.3. The molecular weight excluding hydrogens is 324 g/mol. The molecule has 0 fully saturated rings. The second-order valence-electron chi connectivity index (χ2n) is 6.09. The van der Waals surface area contributed by atoms with E-state index in [9.17, 15) is 9.90 Å². The number of unbranched alkanes of at least 4 members (excludes halogenated alkanes) is 3. The number of carbonyl (C=O) groups is 1. The van der Waals surface area contributed by atoms with Crippen molar-refractivity contribution in [3.63, 3.8) is 0 Å². The summed E-state index contributed by atoms with van der Waals surface area (Å²) in [5, 5.41) is 9.86. The van der Waals surface area contributed by atoms with Crippen LogP contribution in [0.15, 0.2) is 60.8 Å². The summed E-state index contributed by atoms with van der Waals surface area (Å²) in [6.07, 6.45) is 28.2. The zero-order valence-electron chi connectivity index (χ0n) is 16.5. The number of carbonyl (C=O) groups excluding carboxylic acids is 1. The van der Waals surface area contributed by atoms with Crippen LogP contribution in [0.25, 0.3) is 0 Å². The minimum absolute atomic E-state index is 0.135. The van der Waals surface area contributed by atoms with Gasteiger partial charge in [0.1, 0.15) is 0 Å². The highest BCUT2D eigenvalue weighted by molar-refractivity contribution is 5.68. The number of ether oxygens (including phenoxy) is 1. The Morgan fingerprint density at radius 2 is 1.65 bits per heavy atom. The van der Waals surface area contributed by atoms with E-state index in [4.69, 9.17) is 0 Å². The topological polar surface area (TPSA) is 46.5 Å². The SMILES string of the molecule is CC/C=C\C/C=C\C/C=C/C=C/C(O)C/C=C\CCCCCC(=O)OC. The van der Waals surface area contributed by atoms with E-state index in [0.29, 0.717) is 12.8 Å². The molecule has 0 bridgehead atoms. The van der Waals surface area contributed by atoms with Gasteiger partial charge >= 0.3 is 5.97 Å². The fourth-order valence-electron chi connectivity index (χ4n) is 2.20. The van der Waals surface area contributed by atoms with Gasteiger partial charge in [0.2, 0.25) is 0 Å². The zero-order valence-corrected chi connectivity index (χ0v) is 16.5. The van der Waals surface area contributed by atoms with E-state index in [1.54, 1.807) is 0 Å². The van der Waals surface area contributed by atoms with Crippen molar-refractivity contribution in [2.45, 2.75) is 70.8 Å². The lowest BCUT2D eigenvalue weighted by molar-refractivity contribution is -0.140. The van der Waals surface area contributed by atoms with Crippen LogP contribution in [0.2, 0.25) is 0 Å². The van der Waals surface area contributed by atoms with E-state index in [1.807, 2.05) is 24.3 Å². The van der Waals surface area contributed by atoms with Crippen LogP contribution in [0.5, 0.6) is 0 Å². The molecule has 0 aromatic rings. The van der Waals surface area contributed by atoms with E-state index in [1.165, 1.54) is 7.11 Å². The number of hydrogen-bond donors (Lipinski definition) is 1. The molecule has 0 heterocycles. The van der Waals surface area contributed by atoms with E-state index in [0.717, 1.165) is 44.9 Å². The van der Waals surface area contributed by atoms with Gasteiger partial charge in [-0.15, -0.1) is 0 Å². The molecule has 0 amide bonds. The number of aliphatic hydroxyl groups is 1. The first kappa shape index (κ1) is 24.1. The van der Waals surface area contributed by atoms with E-state index < -0.39 is 6.10 Å². The molecule has 0 saturated carbocycles. The van der Waals surface area contributed by atoms with Gasteiger partial charge in [-0.25, -0.2) is 0 Å². The van der Waals surface area contributed by atoms with Gasteiger partial charge in [-0.2, -0.15) is 0 Å². The van der Waals surface area contributed by atoms with Gasteiger partial charge in [0, 0.05) is 6.42 Å². The minimum atomic E-state index is -0.440. The van der Waals surface area contributed by atoms with Crippen molar-refractivity contribution in [3.8, 4) is 0 Å². The Bertz CT molecular complexity index is 470. The third-order valence-electron chi connectivity index (χ3n) is 3.72. The predicted octanol–water partition coefficient (Wildman–Crippen LogP) is 5.83. The molecule has 1 N–H and O–H groups in total. The molecule has 3 nitrogen and oxygen atoms in total. The molecule has 146 valence electrons. The Morgan fingerprint density at radius 3 is 2.38 bits per heavy atom. The summed E-state index contributed by atoms with van der Waals surface area (Å²) in [5.74, 6) is -0.135. The number of hydrogen-bond acceptors (Lipinski definition) is 3. The first-order valence-electron chi connectivity index (χ1n) is 9.73. The summed E-state index contributed by atoms with van der Waals surface area (Å²) in [7, 11) is 1.42. The summed E-state index contributed by atoms with van der Waals surface area (Å²) in [4.78, 5) is 10.9. The van der Waals surface area contributed by atoms with Crippen molar-refractivity contribution in [3.05, 3.63) is 60.8 Å². The molecule has 0 spiro atoms. The van der Waals surface area contributed by atoms with Crippen LogP contribution < -0.4 is 0 Å². The van der Waals surface area contributed by atoms with Gasteiger partial charge in [-0.05, 0) is 44.9 Å². The third-order valence-corrected chi connectivity index (χ3v) is 3.72. The quantitative estimate of drug-likeness (QED) is 0.173. The van der Waals surface area contributed by atoms with E-state index in [-0.39, 0.29) is 5.97 Å². The summed E-state index contributed by atoms with van der Waals surface area (Å²) < 4.78 is 4.60. The Hall–Kier alpha value is -1.87. The van der Waals surface area contributed by atoms with Crippen molar-refractivity contribution >= 4 is 5.97 Å². The first-order valence-corrected chi connectivity index (χ1v) is 9.73. The number of aliphatic hydroxyl groups excluding tert-OH is 1. The second-order valence-corrected chi connectivity index (χ2v) is 6.09. The molecule has 0 aliphatic carbocycles. The fourth-order valence-corrected chi connectivity index (χ4v) is 2.20. The standard InChI is InChI=1S/C23H36O3/c1-3-4-5-6-7-8-9-10-13-16-19-22(24)20-17-14-11-12-15-18-21-23(25)26-2/h4-5,7-8,10,13-14,16-17,19,22,24H,3,6,9,11-12,15,18,20-21H2,1-2H3/b5-4-,8-7-,13-10+,17-14-,19-16+. The molecule has 26 heavy (non-hydrogen) atoms. The lowest BCUT2D eigenvalue weighted by atomic mass is 10.1. The maximum atomic E-state index is 10.9. The normalized spacial score (nSPS) is 13.8. The maximum Gasteiger partial charge on any atom is 0.305 e. The van der Waals surface area contributed by atoms with Gasteiger partial charge in [0.15, 0.2) is 0 Å². The molecular formula is C23H36O3. The highest BCUT2D eigenvalue weighted by Gasteiger charge is 1.98. The predicted molar refractivity (Wildman–Crippen MR) is 111 cm³/mol. The highest BCUT2D eigenvalue weighted by Crippen LogP contribution is 2.05. The van der Waals surface area contributed by atoms with Crippen molar-refractivity contribution in [2.24, 2.45) is 0 Å². The van der Waals surface area contributed by atoms with Gasteiger partial charge in [-0.1, -0.05) is 74.1 Å². The maximum absolute atomic E-state index is 10.9. The van der Waals surface area contributed by atoms with Gasteiger partial charge in [0.25, 0.3) is 0 Å². The van der Waals surface area contributed by atoms with Crippen LogP contribution in [0.3, 0.4) is 0 Å². The molecule has 1 atom stereocenters. The first-order chi connectivity index (χ1) is 12.7. The van der Waals surface area contributed by atoms with Crippen LogP contribution in [0.1, 0.15) is 64.7 Å². The van der Waals surface area contributed by atoms with Crippen LogP contribution in [0, 0.1) is 0 Å². The van der Waals surface area contributed by atoms with Gasteiger partial charge < -0.3 is 9.84 Å². The molecule has 0 aliphatic rings. The molecule has 0 radical (unpaired) electrons. The average molecular weight is 361 g/mol. The molecule has 0 rings (SSSR count). The smallest absolute Gasteiger partial charge is 0.305 e. The van der Waals surface area contributed by atoms with Crippen molar-refractivity contribution in [2.75, 3.05) is 7.11 Å². The number of esters is 1. The van der Waals surface area contributed by atoms with E-state index >= 15 is 0 Å². The van der Waals surface area contributed by atoms with Crippen molar-refractivity contribution in [1.29, 1.82) is 0 Å². The summed E-state index contributed by atoms with van der Waals surface area (Å²) in [6.45, 7) is 2.13. The fraction of sp³-hybridized carbons (Fsp3) is 0.522. The molecule has 1 unspecified atom stereocenters. The summed E-state index contributed by atoms with van der Waals surface area (Å²) in [5.41, 5.74) is 0. The third kappa shape index (κ3) is 18.5. The number of allylic oxidation sites excluding steroid dienone is 8. The van der Waals surface area contributed by atoms with Crippen molar-refractivity contribution < 1.29 is 14.6 Å². The average Bonchev–Trinajstić information content (AvgIpc) is 2.65. The van der Waals surface area contributed by atoms with Crippen LogP contribution in [-0.2, 0) is 9.53 Å². The number of rotatable bonds is 15. The number of methoxy groups -OCH3 is 1. The Labute approximate surface area is 159 Å². The molecule has 0 aromatic carbocycles. The Balaban J connectivity index is 3.63. The molecule has 3 heteroatoms. The summed E-state index contributed by atoms with van der Waals surface area (Å²) in [6, 6.07) is 0. The highest BCUT2D eigenvalue weighted by atomic mass is 16.5. The second kappa shape index (κ2) is 19.5. The van der Waals surface area contributed by atoms with E-state index in [2.05, 4.69) is 48.1 Å². The Kier molecular flexibility index (Phi) is 18.1. The van der Waals surface area contributed by atoms with Crippen molar-refractivity contribution in [1.82, 2.24) is 0 Å². The monoisotopic (exact) mass is 360 g/mol. The van der Waals surface area contributed by atoms with Gasteiger partial charge in [0.05, 0.1) is 13.2 Å². The Morgan fingerprint density at radius 1 is 0.923 bits per heavy atom. The molecule has 0 saturated heterocycles. The largest absolute Gasteiger partial charge is 0.469 e. The lowest BCUT2D eigenvalue weighted by Gasteiger charge is -2.00. The minimum Gasteiger partial charge on any atom is -0.469 e. The summed E-state index contributed by atoms with van der Waals surface area (Å²) >= 11 is 0.